The van der Waals surface area contributed by atoms with Crippen LogP contribution >= 0.6 is 0 Å². The predicted octanol–water partition coefficient (Wildman–Crippen LogP) is 5.15. The average molecular weight is 265 g/mol. The van der Waals surface area contributed by atoms with Gasteiger partial charge in [0.05, 0.1) is 0 Å². The van der Waals surface area contributed by atoms with E-state index in [1.807, 2.05) is 25.1 Å². The lowest BCUT2D eigenvalue weighted by molar-refractivity contribution is 0.457. The Morgan fingerprint density at radius 3 is 2.53 bits per heavy atom. The van der Waals surface area contributed by atoms with Crippen LogP contribution in [0.3, 0.4) is 0 Å². The van der Waals surface area contributed by atoms with E-state index in [1.165, 1.54) is 32.1 Å². The van der Waals surface area contributed by atoms with E-state index in [0.29, 0.717) is 0 Å². The van der Waals surface area contributed by atoms with Crippen LogP contribution in [0.4, 0.5) is 4.39 Å². The second-order valence-corrected chi connectivity index (χ2v) is 5.29. The average Bonchev–Trinajstić information content (AvgIpc) is 2.41. The first kappa shape index (κ1) is 16.2. The maximum absolute atomic E-state index is 14.2. The minimum absolute atomic E-state index is 0.0398. The highest BCUT2D eigenvalue weighted by Gasteiger charge is 2.15. The van der Waals surface area contributed by atoms with Gasteiger partial charge >= 0.3 is 0 Å². The minimum Gasteiger partial charge on any atom is -0.310 e. The Hall–Kier alpha value is -0.890. The predicted molar refractivity (Wildman–Crippen MR) is 80.9 cm³/mol. The quantitative estimate of drug-likeness (QED) is 0.609. The Bertz CT molecular complexity index is 362. The van der Waals surface area contributed by atoms with Crippen molar-refractivity contribution >= 4 is 0 Å². The van der Waals surface area contributed by atoms with Crippen molar-refractivity contribution in [3.8, 4) is 0 Å². The van der Waals surface area contributed by atoms with Gasteiger partial charge in [0.15, 0.2) is 0 Å². The molecule has 0 saturated carbocycles. The van der Waals surface area contributed by atoms with Crippen molar-refractivity contribution < 1.29 is 4.39 Å². The third-order valence-corrected chi connectivity index (χ3v) is 3.64. The zero-order valence-electron chi connectivity index (χ0n) is 12.6. The normalized spacial score (nSPS) is 12.6. The molecule has 1 nitrogen and oxygen atoms in total. The molecule has 1 rings (SSSR count). The van der Waals surface area contributed by atoms with Crippen molar-refractivity contribution in [3.63, 3.8) is 0 Å². The van der Waals surface area contributed by atoms with Gasteiger partial charge in [-0.25, -0.2) is 4.39 Å². The molecule has 0 heterocycles. The van der Waals surface area contributed by atoms with Crippen molar-refractivity contribution in [2.45, 2.75) is 65.3 Å². The summed E-state index contributed by atoms with van der Waals surface area (Å²) in [5, 5.41) is 3.42. The Balaban J connectivity index is 2.58. The zero-order chi connectivity index (χ0) is 14.1. The molecule has 0 spiro atoms. The summed E-state index contributed by atoms with van der Waals surface area (Å²) in [6.07, 6.45) is 7.33. The van der Waals surface area contributed by atoms with Crippen LogP contribution in [0.15, 0.2) is 18.2 Å². The highest BCUT2D eigenvalue weighted by molar-refractivity contribution is 5.27. The van der Waals surface area contributed by atoms with Crippen LogP contribution in [0.25, 0.3) is 0 Å². The maximum atomic E-state index is 14.2. The summed E-state index contributed by atoms with van der Waals surface area (Å²) in [6, 6.07) is 5.87. The molecule has 2 heteroatoms. The Kier molecular flexibility index (Phi) is 7.73. The molecule has 1 N–H and O–H groups in total. The summed E-state index contributed by atoms with van der Waals surface area (Å²) >= 11 is 0. The zero-order valence-corrected chi connectivity index (χ0v) is 12.6. The van der Waals surface area contributed by atoms with E-state index in [9.17, 15) is 4.39 Å². The molecule has 0 radical (unpaired) electrons. The maximum Gasteiger partial charge on any atom is 0.130 e. The molecule has 1 aromatic carbocycles. The standard InChI is InChI=1S/C17H28FN/c1-4-6-7-8-9-13-16(19-5-2)15-12-10-11-14(3)17(15)18/h10-12,16,19H,4-9,13H2,1-3H3. The molecule has 108 valence electrons. The molecular weight excluding hydrogens is 237 g/mol. The van der Waals surface area contributed by atoms with Crippen LogP contribution < -0.4 is 5.32 Å². The number of unbranched alkanes of at least 4 members (excludes halogenated alkanes) is 4. The Morgan fingerprint density at radius 2 is 1.84 bits per heavy atom. The van der Waals surface area contributed by atoms with Crippen LogP contribution in [0.2, 0.25) is 0 Å². The monoisotopic (exact) mass is 265 g/mol. The van der Waals surface area contributed by atoms with Crippen molar-refractivity contribution in [1.29, 1.82) is 0 Å². The summed E-state index contributed by atoms with van der Waals surface area (Å²) < 4.78 is 14.2. The lowest BCUT2D eigenvalue weighted by atomic mass is 9.97. The van der Waals surface area contributed by atoms with Crippen LogP contribution in [0.5, 0.6) is 0 Å². The fourth-order valence-electron chi connectivity index (χ4n) is 2.51. The van der Waals surface area contributed by atoms with Crippen molar-refractivity contribution in [2.24, 2.45) is 0 Å². The number of hydrogen-bond acceptors (Lipinski definition) is 1. The van der Waals surface area contributed by atoms with Crippen LogP contribution in [0.1, 0.15) is 69.5 Å². The first-order valence-corrected chi connectivity index (χ1v) is 7.69. The van der Waals surface area contributed by atoms with Gasteiger partial charge < -0.3 is 5.32 Å². The molecule has 0 saturated heterocycles. The fraction of sp³-hybridized carbons (Fsp3) is 0.647. The summed E-state index contributed by atoms with van der Waals surface area (Å²) in [5.74, 6) is -0.0398. The van der Waals surface area contributed by atoms with Gasteiger partial charge in [0.2, 0.25) is 0 Å². The fourth-order valence-corrected chi connectivity index (χ4v) is 2.51. The van der Waals surface area contributed by atoms with Gasteiger partial charge in [-0.05, 0) is 25.5 Å². The van der Waals surface area contributed by atoms with Gasteiger partial charge in [-0.2, -0.15) is 0 Å². The highest BCUT2D eigenvalue weighted by Crippen LogP contribution is 2.24. The Morgan fingerprint density at radius 1 is 1.11 bits per heavy atom. The first-order chi connectivity index (χ1) is 9.20. The van der Waals surface area contributed by atoms with Gasteiger partial charge in [-0.3, -0.25) is 0 Å². The molecule has 1 unspecified atom stereocenters. The van der Waals surface area contributed by atoms with E-state index in [1.54, 1.807) is 0 Å². The second kappa shape index (κ2) is 9.08. The molecule has 19 heavy (non-hydrogen) atoms. The summed E-state index contributed by atoms with van der Waals surface area (Å²) in [4.78, 5) is 0. The number of benzene rings is 1. The molecule has 0 amide bonds. The molecule has 0 bridgehead atoms. The largest absolute Gasteiger partial charge is 0.310 e. The van der Waals surface area contributed by atoms with E-state index in [2.05, 4.69) is 19.2 Å². The van der Waals surface area contributed by atoms with Crippen molar-refractivity contribution in [3.05, 3.63) is 35.1 Å². The van der Waals surface area contributed by atoms with E-state index in [0.717, 1.165) is 24.1 Å². The molecule has 0 aliphatic carbocycles. The number of hydrogen-bond donors (Lipinski definition) is 1. The van der Waals surface area contributed by atoms with Gasteiger partial charge in [-0.15, -0.1) is 0 Å². The second-order valence-electron chi connectivity index (χ2n) is 5.29. The van der Waals surface area contributed by atoms with Gasteiger partial charge in [0.1, 0.15) is 5.82 Å². The van der Waals surface area contributed by atoms with E-state index in [-0.39, 0.29) is 11.9 Å². The minimum atomic E-state index is -0.0398. The van der Waals surface area contributed by atoms with Crippen LogP contribution in [-0.2, 0) is 0 Å². The highest BCUT2D eigenvalue weighted by atomic mass is 19.1. The van der Waals surface area contributed by atoms with Gasteiger partial charge in [0.25, 0.3) is 0 Å². The van der Waals surface area contributed by atoms with E-state index >= 15 is 0 Å². The molecule has 0 aliphatic heterocycles. The topological polar surface area (TPSA) is 12.0 Å². The molecule has 0 fully saturated rings. The molecule has 1 aromatic rings. The summed E-state index contributed by atoms with van der Waals surface area (Å²) in [5.41, 5.74) is 1.57. The molecular formula is C17H28FN. The lowest BCUT2D eigenvalue weighted by Gasteiger charge is -2.19. The molecule has 1 atom stereocenters. The number of halogens is 1. The SMILES string of the molecule is CCCCCCCC(NCC)c1cccc(C)c1F. The van der Waals surface area contributed by atoms with Crippen molar-refractivity contribution in [2.75, 3.05) is 6.54 Å². The van der Waals surface area contributed by atoms with Crippen LogP contribution in [-0.4, -0.2) is 6.54 Å². The van der Waals surface area contributed by atoms with Gasteiger partial charge in [-0.1, -0.05) is 64.2 Å². The molecule has 0 aromatic heterocycles. The van der Waals surface area contributed by atoms with Gasteiger partial charge in [0, 0.05) is 11.6 Å². The van der Waals surface area contributed by atoms with Crippen LogP contribution in [0, 0.1) is 12.7 Å². The number of nitrogens with one attached hydrogen (secondary N) is 1. The Labute approximate surface area is 117 Å². The number of rotatable bonds is 9. The van der Waals surface area contributed by atoms with E-state index in [4.69, 9.17) is 0 Å². The summed E-state index contributed by atoms with van der Waals surface area (Å²) in [6.45, 7) is 7.03. The first-order valence-electron chi connectivity index (χ1n) is 7.69. The smallest absolute Gasteiger partial charge is 0.130 e. The lowest BCUT2D eigenvalue weighted by Crippen LogP contribution is -2.22. The number of aryl methyl sites for hydroxylation is 1. The molecule has 0 aliphatic rings. The third-order valence-electron chi connectivity index (χ3n) is 3.64. The summed E-state index contributed by atoms with van der Waals surface area (Å²) in [7, 11) is 0. The van der Waals surface area contributed by atoms with Crippen molar-refractivity contribution in [1.82, 2.24) is 5.32 Å². The third kappa shape index (κ3) is 5.32. The van der Waals surface area contributed by atoms with E-state index < -0.39 is 0 Å².